The van der Waals surface area contributed by atoms with Crippen molar-refractivity contribution >= 4 is 5.95 Å². The van der Waals surface area contributed by atoms with E-state index in [2.05, 4.69) is 14.9 Å². The SMILES string of the molecule is NCCC1CCN(c2ncc(F)cn2)CC1. The smallest absolute Gasteiger partial charge is 0.225 e. The summed E-state index contributed by atoms with van der Waals surface area (Å²) in [6.07, 6.45) is 5.77. The van der Waals surface area contributed by atoms with E-state index in [9.17, 15) is 4.39 Å². The van der Waals surface area contributed by atoms with Crippen LogP contribution in [0.15, 0.2) is 12.4 Å². The maximum absolute atomic E-state index is 12.7. The summed E-state index contributed by atoms with van der Waals surface area (Å²) in [5.41, 5.74) is 5.54. The first-order chi connectivity index (χ1) is 7.79. The van der Waals surface area contributed by atoms with E-state index in [1.54, 1.807) is 0 Å². The van der Waals surface area contributed by atoms with Crippen molar-refractivity contribution in [3.05, 3.63) is 18.2 Å². The fourth-order valence-electron chi connectivity index (χ4n) is 2.13. The first-order valence-electron chi connectivity index (χ1n) is 5.72. The molecule has 0 aliphatic carbocycles. The van der Waals surface area contributed by atoms with Crippen LogP contribution in [0.3, 0.4) is 0 Å². The molecule has 2 rings (SSSR count). The van der Waals surface area contributed by atoms with Crippen LogP contribution < -0.4 is 10.6 Å². The molecule has 0 unspecified atom stereocenters. The van der Waals surface area contributed by atoms with E-state index in [0.717, 1.165) is 44.8 Å². The Labute approximate surface area is 94.7 Å². The van der Waals surface area contributed by atoms with Crippen molar-refractivity contribution in [2.24, 2.45) is 11.7 Å². The zero-order valence-corrected chi connectivity index (χ0v) is 9.27. The third-order valence-corrected chi connectivity index (χ3v) is 3.08. The summed E-state index contributed by atoms with van der Waals surface area (Å²) in [4.78, 5) is 10.1. The second-order valence-electron chi connectivity index (χ2n) is 4.21. The molecule has 1 fully saturated rings. The lowest BCUT2D eigenvalue weighted by molar-refractivity contribution is 0.383. The number of piperidine rings is 1. The van der Waals surface area contributed by atoms with E-state index >= 15 is 0 Å². The monoisotopic (exact) mass is 224 g/mol. The third-order valence-electron chi connectivity index (χ3n) is 3.08. The maximum Gasteiger partial charge on any atom is 0.225 e. The van der Waals surface area contributed by atoms with Crippen molar-refractivity contribution in [1.82, 2.24) is 9.97 Å². The highest BCUT2D eigenvalue weighted by molar-refractivity contribution is 5.28. The number of nitrogens with two attached hydrogens (primary N) is 1. The van der Waals surface area contributed by atoms with Gasteiger partial charge in [-0.2, -0.15) is 0 Å². The molecule has 16 heavy (non-hydrogen) atoms. The van der Waals surface area contributed by atoms with Gasteiger partial charge in [0.25, 0.3) is 0 Å². The van der Waals surface area contributed by atoms with E-state index in [1.807, 2.05) is 0 Å². The molecule has 1 saturated heterocycles. The first kappa shape index (κ1) is 11.3. The van der Waals surface area contributed by atoms with Gasteiger partial charge in [0.1, 0.15) is 0 Å². The summed E-state index contributed by atoms with van der Waals surface area (Å²) in [5, 5.41) is 0. The molecule has 1 aromatic rings. The molecule has 0 radical (unpaired) electrons. The number of nitrogens with zero attached hydrogens (tertiary/aromatic N) is 3. The summed E-state index contributed by atoms with van der Waals surface area (Å²) >= 11 is 0. The number of rotatable bonds is 3. The number of anilines is 1. The normalized spacial score (nSPS) is 17.8. The summed E-state index contributed by atoms with van der Waals surface area (Å²) in [6.45, 7) is 2.64. The lowest BCUT2D eigenvalue weighted by Crippen LogP contribution is -2.35. The summed E-state index contributed by atoms with van der Waals surface area (Å²) in [7, 11) is 0. The van der Waals surface area contributed by atoms with Crippen LogP contribution in [0.1, 0.15) is 19.3 Å². The molecular formula is C11H17FN4. The molecule has 0 bridgehead atoms. The minimum Gasteiger partial charge on any atom is -0.341 e. The van der Waals surface area contributed by atoms with Crippen LogP contribution in [-0.4, -0.2) is 29.6 Å². The Hall–Kier alpha value is -1.23. The van der Waals surface area contributed by atoms with Crippen LogP contribution in [0.2, 0.25) is 0 Å². The lowest BCUT2D eigenvalue weighted by atomic mass is 9.94. The molecule has 0 spiro atoms. The zero-order valence-electron chi connectivity index (χ0n) is 9.27. The number of halogens is 1. The van der Waals surface area contributed by atoms with Crippen molar-refractivity contribution in [3.8, 4) is 0 Å². The topological polar surface area (TPSA) is 55.0 Å². The van der Waals surface area contributed by atoms with Gasteiger partial charge in [0.15, 0.2) is 5.82 Å². The highest BCUT2D eigenvalue weighted by atomic mass is 19.1. The van der Waals surface area contributed by atoms with Gasteiger partial charge in [-0.25, -0.2) is 14.4 Å². The zero-order chi connectivity index (χ0) is 11.4. The fourth-order valence-corrected chi connectivity index (χ4v) is 2.13. The highest BCUT2D eigenvalue weighted by Gasteiger charge is 2.20. The minimum absolute atomic E-state index is 0.387. The van der Waals surface area contributed by atoms with Crippen LogP contribution in [0.4, 0.5) is 10.3 Å². The van der Waals surface area contributed by atoms with Gasteiger partial charge in [0, 0.05) is 13.1 Å². The van der Waals surface area contributed by atoms with Crippen molar-refractivity contribution in [2.75, 3.05) is 24.5 Å². The van der Waals surface area contributed by atoms with Gasteiger partial charge in [0.2, 0.25) is 5.95 Å². The predicted molar refractivity (Wildman–Crippen MR) is 60.6 cm³/mol. The molecule has 0 amide bonds. The Morgan fingerprint density at radius 3 is 2.50 bits per heavy atom. The molecule has 0 aromatic carbocycles. The van der Waals surface area contributed by atoms with Gasteiger partial charge < -0.3 is 10.6 Å². The molecule has 2 N–H and O–H groups in total. The summed E-state index contributed by atoms with van der Waals surface area (Å²) < 4.78 is 12.7. The molecule has 88 valence electrons. The van der Waals surface area contributed by atoms with E-state index in [-0.39, 0.29) is 5.82 Å². The van der Waals surface area contributed by atoms with E-state index in [4.69, 9.17) is 5.73 Å². The summed E-state index contributed by atoms with van der Waals surface area (Å²) in [5.74, 6) is 0.969. The fraction of sp³-hybridized carbons (Fsp3) is 0.636. The number of hydrogen-bond donors (Lipinski definition) is 1. The third kappa shape index (κ3) is 2.66. The number of aromatic nitrogens is 2. The predicted octanol–water partition coefficient (Wildman–Crippen LogP) is 1.18. The lowest BCUT2D eigenvalue weighted by Gasteiger charge is -2.31. The van der Waals surface area contributed by atoms with Crippen LogP contribution in [0.5, 0.6) is 0 Å². The van der Waals surface area contributed by atoms with E-state index in [0.29, 0.717) is 5.95 Å². The molecule has 1 aliphatic rings. The van der Waals surface area contributed by atoms with Gasteiger partial charge in [-0.3, -0.25) is 0 Å². The van der Waals surface area contributed by atoms with Crippen LogP contribution >= 0.6 is 0 Å². The molecular weight excluding hydrogens is 207 g/mol. The molecule has 2 heterocycles. The van der Waals surface area contributed by atoms with Crippen molar-refractivity contribution in [1.29, 1.82) is 0 Å². The van der Waals surface area contributed by atoms with Gasteiger partial charge >= 0.3 is 0 Å². The Bertz CT molecular complexity index is 319. The largest absolute Gasteiger partial charge is 0.341 e. The molecule has 0 saturated carbocycles. The van der Waals surface area contributed by atoms with Crippen molar-refractivity contribution in [2.45, 2.75) is 19.3 Å². The highest BCUT2D eigenvalue weighted by Crippen LogP contribution is 2.22. The Morgan fingerprint density at radius 1 is 1.31 bits per heavy atom. The second-order valence-corrected chi connectivity index (χ2v) is 4.21. The minimum atomic E-state index is -0.387. The standard InChI is InChI=1S/C11H17FN4/c12-10-7-14-11(15-8-10)16-5-2-9(1-4-13)3-6-16/h7-9H,1-6,13H2. The molecule has 5 heteroatoms. The van der Waals surface area contributed by atoms with Crippen LogP contribution in [-0.2, 0) is 0 Å². The first-order valence-corrected chi connectivity index (χ1v) is 5.72. The average molecular weight is 224 g/mol. The van der Waals surface area contributed by atoms with E-state index in [1.165, 1.54) is 12.4 Å². The summed E-state index contributed by atoms with van der Waals surface area (Å²) in [6, 6.07) is 0. The molecule has 0 atom stereocenters. The van der Waals surface area contributed by atoms with Crippen molar-refractivity contribution < 1.29 is 4.39 Å². The molecule has 1 aliphatic heterocycles. The number of hydrogen-bond acceptors (Lipinski definition) is 4. The Balaban J connectivity index is 1.91. The van der Waals surface area contributed by atoms with E-state index < -0.39 is 0 Å². The van der Waals surface area contributed by atoms with Crippen LogP contribution in [0.25, 0.3) is 0 Å². The second kappa shape index (κ2) is 5.21. The maximum atomic E-state index is 12.7. The average Bonchev–Trinajstić information content (AvgIpc) is 2.32. The van der Waals surface area contributed by atoms with Gasteiger partial charge in [-0.05, 0) is 31.7 Å². The molecule has 1 aromatic heterocycles. The molecule has 4 nitrogen and oxygen atoms in total. The van der Waals surface area contributed by atoms with Gasteiger partial charge in [-0.15, -0.1) is 0 Å². The van der Waals surface area contributed by atoms with Gasteiger partial charge in [0.05, 0.1) is 12.4 Å². The van der Waals surface area contributed by atoms with Crippen molar-refractivity contribution in [3.63, 3.8) is 0 Å². The Morgan fingerprint density at radius 2 is 1.94 bits per heavy atom. The van der Waals surface area contributed by atoms with Gasteiger partial charge in [-0.1, -0.05) is 0 Å². The quantitative estimate of drug-likeness (QED) is 0.837. The van der Waals surface area contributed by atoms with Crippen LogP contribution in [0, 0.1) is 11.7 Å². The Kier molecular flexibility index (Phi) is 3.66.